The molecule has 2 aromatic heterocycles. The molecule has 1 amide bonds. The number of hydrogen-bond donors (Lipinski definition) is 3. The van der Waals surface area contributed by atoms with Crippen LogP contribution in [0.25, 0.3) is 0 Å². The molecule has 1 aromatic carbocycles. The van der Waals surface area contributed by atoms with Gasteiger partial charge in [-0.05, 0) is 35.5 Å². The minimum atomic E-state index is -0.886. The molecule has 0 radical (unpaired) electrons. The van der Waals surface area contributed by atoms with Gasteiger partial charge in [-0.3, -0.25) is 19.1 Å². The largest absolute Gasteiger partial charge is 0.501 e. The van der Waals surface area contributed by atoms with Gasteiger partial charge in [0.1, 0.15) is 23.6 Å². The second-order valence-electron chi connectivity index (χ2n) is 8.20. The van der Waals surface area contributed by atoms with Crippen molar-refractivity contribution < 1.29 is 23.6 Å². The van der Waals surface area contributed by atoms with Crippen LogP contribution in [-0.2, 0) is 11.8 Å². The Labute approximate surface area is 216 Å². The first-order chi connectivity index (χ1) is 18.2. The molecule has 0 aliphatic carbocycles. The molecule has 0 aliphatic heterocycles. The summed E-state index contributed by atoms with van der Waals surface area (Å²) in [5.74, 6) is -3.88. The first kappa shape index (κ1) is 27.8. The molecule has 0 saturated carbocycles. The number of aliphatic imine (C=N–C) groups is 1. The Hall–Kier alpha value is -4.83. The molecule has 0 fully saturated rings. The van der Waals surface area contributed by atoms with Crippen LogP contribution in [0.5, 0.6) is 5.75 Å². The summed E-state index contributed by atoms with van der Waals surface area (Å²) < 4.78 is 25.2. The van der Waals surface area contributed by atoms with Gasteiger partial charge in [0.15, 0.2) is 5.69 Å². The molecule has 12 nitrogen and oxygen atoms in total. The van der Waals surface area contributed by atoms with E-state index < -0.39 is 40.6 Å². The average molecular weight is 524 g/mol. The first-order valence-electron chi connectivity index (χ1n) is 11.3. The van der Waals surface area contributed by atoms with Crippen molar-refractivity contribution in [1.29, 1.82) is 5.26 Å². The number of carbonyl (C=O) groups is 1. The highest BCUT2D eigenvalue weighted by Crippen LogP contribution is 2.39. The molecule has 38 heavy (non-hydrogen) atoms. The van der Waals surface area contributed by atoms with Crippen LogP contribution >= 0.6 is 0 Å². The summed E-state index contributed by atoms with van der Waals surface area (Å²) in [6, 6.07) is 5.74. The zero-order valence-electron chi connectivity index (χ0n) is 20.9. The molecule has 4 N–H and O–H groups in total. The number of ether oxygens (including phenoxy) is 1. The maximum absolute atomic E-state index is 14.4. The number of nitrogens with two attached hydrogens (primary N) is 1. The van der Waals surface area contributed by atoms with Crippen molar-refractivity contribution in [3.05, 3.63) is 81.2 Å². The number of aromatic nitrogens is 3. The number of carbonyl (C=O) groups excluding carboxylic acids is 1. The normalized spacial score (nSPS) is 13.3. The number of hydrogen-bond acceptors (Lipinski definition) is 10. The second-order valence-corrected chi connectivity index (χ2v) is 8.20. The predicted molar refractivity (Wildman–Crippen MR) is 135 cm³/mol. The Morgan fingerprint density at radius 1 is 1.47 bits per heavy atom. The molecule has 0 spiro atoms. The molecule has 0 aliphatic rings. The number of benzene rings is 1. The van der Waals surface area contributed by atoms with Crippen molar-refractivity contribution in [3.8, 4) is 11.8 Å². The number of nitrogens with zero attached hydrogens (tertiary/aromatic N) is 5. The van der Waals surface area contributed by atoms with Crippen molar-refractivity contribution in [2.75, 3.05) is 25.6 Å². The molecule has 2 atom stereocenters. The minimum absolute atomic E-state index is 0.0612. The lowest BCUT2D eigenvalue weighted by Gasteiger charge is -2.27. The monoisotopic (exact) mass is 523 g/mol. The quantitative estimate of drug-likeness (QED) is 0.265. The summed E-state index contributed by atoms with van der Waals surface area (Å²) in [4.78, 5) is 34.3. The maximum Gasteiger partial charge on any atom is 0.296 e. The van der Waals surface area contributed by atoms with Gasteiger partial charge in [-0.2, -0.15) is 5.26 Å². The van der Waals surface area contributed by atoms with Crippen molar-refractivity contribution in [2.24, 2.45) is 17.8 Å². The molecule has 3 aromatic rings. The molecule has 3 rings (SSSR count). The lowest BCUT2D eigenvalue weighted by molar-refractivity contribution is 0.101. The topological polar surface area (TPSA) is 182 Å². The van der Waals surface area contributed by atoms with Gasteiger partial charge in [-0.15, -0.1) is 0 Å². The van der Waals surface area contributed by atoms with E-state index in [1.165, 1.54) is 44.9 Å². The second kappa shape index (κ2) is 12.4. The third-order valence-corrected chi connectivity index (χ3v) is 5.80. The van der Waals surface area contributed by atoms with E-state index in [1.54, 1.807) is 6.92 Å². The van der Waals surface area contributed by atoms with Gasteiger partial charge in [-0.1, -0.05) is 12.1 Å². The third kappa shape index (κ3) is 5.93. The molecule has 0 saturated heterocycles. The fraction of sp³-hybridized carbons (Fsp3) is 0.280. The maximum atomic E-state index is 14.4. The molecule has 2 unspecified atom stereocenters. The van der Waals surface area contributed by atoms with E-state index in [1.807, 2.05) is 6.07 Å². The third-order valence-electron chi connectivity index (χ3n) is 5.80. The fourth-order valence-electron chi connectivity index (χ4n) is 3.95. The standard InChI is InChI=1S/C25H26FN7O5/c1-14(23-32-21(22(34)25(36)33(23)2)24(35)31-18-12-30-38-13-18)20(16(10-28)11-29-6-7-37-3)19-8-17(26)5-4-15(19)9-27/h4-5,8,10-14,20,34H,6-7,28H2,1-3H3,(H,31,35)/b16-10+,29-11?. The van der Waals surface area contributed by atoms with Crippen LogP contribution in [0.2, 0.25) is 0 Å². The number of halogens is 1. The van der Waals surface area contributed by atoms with Crippen LogP contribution in [0.4, 0.5) is 10.1 Å². The van der Waals surface area contributed by atoms with Gasteiger partial charge in [0.2, 0.25) is 5.75 Å². The minimum Gasteiger partial charge on any atom is -0.501 e. The highest BCUT2D eigenvalue weighted by Gasteiger charge is 2.31. The summed E-state index contributed by atoms with van der Waals surface area (Å²) in [6.07, 6.45) is 5.13. The lowest BCUT2D eigenvalue weighted by Crippen LogP contribution is -2.30. The van der Waals surface area contributed by atoms with E-state index in [9.17, 15) is 24.3 Å². The summed E-state index contributed by atoms with van der Waals surface area (Å²) in [5, 5.41) is 26.1. The van der Waals surface area contributed by atoms with Crippen molar-refractivity contribution >= 4 is 17.8 Å². The molecule has 13 heteroatoms. The van der Waals surface area contributed by atoms with E-state index >= 15 is 0 Å². The zero-order valence-corrected chi connectivity index (χ0v) is 20.9. The number of nitrogens with one attached hydrogen (secondary N) is 1. The predicted octanol–water partition coefficient (Wildman–Crippen LogP) is 2.18. The lowest BCUT2D eigenvalue weighted by atomic mass is 9.79. The number of nitriles is 1. The smallest absolute Gasteiger partial charge is 0.296 e. The van der Waals surface area contributed by atoms with Gasteiger partial charge in [0, 0.05) is 32.2 Å². The molecular formula is C25H26FN7O5. The van der Waals surface area contributed by atoms with Crippen molar-refractivity contribution in [2.45, 2.75) is 18.8 Å². The van der Waals surface area contributed by atoms with Crippen LogP contribution in [0.15, 0.2) is 56.7 Å². The van der Waals surface area contributed by atoms with Crippen LogP contribution < -0.4 is 16.6 Å². The fourth-order valence-corrected chi connectivity index (χ4v) is 3.95. The van der Waals surface area contributed by atoms with E-state index in [0.717, 1.165) is 16.9 Å². The summed E-state index contributed by atoms with van der Waals surface area (Å²) in [6.45, 7) is 2.33. The molecule has 198 valence electrons. The zero-order chi connectivity index (χ0) is 27.8. The Balaban J connectivity index is 2.18. The van der Waals surface area contributed by atoms with Gasteiger partial charge >= 0.3 is 0 Å². The SMILES string of the molecule is COCCN=C/C(=C\N)C(c1cc(F)ccc1C#N)C(C)c1nc(C(=O)Nc2cnoc2)c(O)c(=O)n1C. The first-order valence-corrected chi connectivity index (χ1v) is 11.3. The van der Waals surface area contributed by atoms with Crippen LogP contribution in [0.3, 0.4) is 0 Å². The van der Waals surface area contributed by atoms with Gasteiger partial charge < -0.3 is 25.4 Å². The van der Waals surface area contributed by atoms with Gasteiger partial charge in [0.05, 0.1) is 31.0 Å². The summed E-state index contributed by atoms with van der Waals surface area (Å²) >= 11 is 0. The average Bonchev–Trinajstić information content (AvgIpc) is 3.42. The number of aromatic hydroxyl groups is 1. The Bertz CT molecular complexity index is 1460. The van der Waals surface area contributed by atoms with E-state index in [0.29, 0.717) is 18.7 Å². The van der Waals surface area contributed by atoms with Crippen molar-refractivity contribution in [1.82, 2.24) is 14.7 Å². The number of methoxy groups -OCH3 is 1. The molecule has 0 bridgehead atoms. The number of anilines is 1. The molecular weight excluding hydrogens is 497 g/mol. The van der Waals surface area contributed by atoms with Crippen LogP contribution in [-0.4, -0.2) is 52.2 Å². The van der Waals surface area contributed by atoms with Gasteiger partial charge in [-0.25, -0.2) is 9.37 Å². The van der Waals surface area contributed by atoms with Crippen LogP contribution in [0, 0.1) is 17.1 Å². The Kier molecular flexibility index (Phi) is 9.07. The van der Waals surface area contributed by atoms with E-state index in [-0.39, 0.29) is 22.6 Å². The molecule has 2 heterocycles. The van der Waals surface area contributed by atoms with Crippen LogP contribution in [0.1, 0.15) is 46.2 Å². The highest BCUT2D eigenvalue weighted by atomic mass is 19.1. The van der Waals surface area contributed by atoms with Gasteiger partial charge in [0.25, 0.3) is 11.5 Å². The summed E-state index contributed by atoms with van der Waals surface area (Å²) in [7, 11) is 2.90. The number of amides is 1. The van der Waals surface area contributed by atoms with E-state index in [2.05, 4.69) is 25.0 Å². The number of allylic oxidation sites excluding steroid dienone is 1. The van der Waals surface area contributed by atoms with E-state index in [4.69, 9.17) is 10.5 Å². The summed E-state index contributed by atoms with van der Waals surface area (Å²) in [5.41, 5.74) is 5.54. The number of rotatable bonds is 10. The Morgan fingerprint density at radius 2 is 2.24 bits per heavy atom. The van der Waals surface area contributed by atoms with Crippen molar-refractivity contribution in [3.63, 3.8) is 0 Å². The highest BCUT2D eigenvalue weighted by molar-refractivity contribution is 6.04. The Morgan fingerprint density at radius 3 is 2.87 bits per heavy atom.